The second-order valence-corrected chi connectivity index (χ2v) is 4.72. The number of hydrogen-bond acceptors (Lipinski definition) is 5. The zero-order valence-electron chi connectivity index (χ0n) is 11.1. The van der Waals surface area contributed by atoms with Gasteiger partial charge in [0.2, 0.25) is 5.91 Å². The highest BCUT2D eigenvalue weighted by molar-refractivity contribution is 6.01. The minimum atomic E-state index is -1.21. The Labute approximate surface area is 108 Å². The van der Waals surface area contributed by atoms with Gasteiger partial charge in [-0.2, -0.15) is 0 Å². The molecule has 0 aromatic rings. The Hall–Kier alpha value is -1.14. The smallest absolute Gasteiger partial charge is 0.332 e. The van der Waals surface area contributed by atoms with Gasteiger partial charge in [-0.3, -0.25) is 4.79 Å². The molecule has 1 aliphatic rings. The number of esters is 1. The fourth-order valence-corrected chi connectivity index (χ4v) is 1.96. The molecule has 0 spiro atoms. The summed E-state index contributed by atoms with van der Waals surface area (Å²) in [6.45, 7) is 4.59. The maximum Gasteiger partial charge on any atom is 0.332 e. The van der Waals surface area contributed by atoms with E-state index in [0.29, 0.717) is 12.5 Å². The molecule has 1 heterocycles. The standard InChI is InChI=1S/C12H23N3O3/c1-3-18-12(17)10(13)11(16)14-8-9-4-6-15(2)7-5-9/h9-10H,3-8,13H2,1-2H3,(H,14,16). The van der Waals surface area contributed by atoms with Gasteiger partial charge < -0.3 is 20.7 Å². The number of nitrogens with two attached hydrogens (primary N) is 1. The maximum absolute atomic E-state index is 11.6. The first-order valence-corrected chi connectivity index (χ1v) is 6.43. The molecule has 104 valence electrons. The van der Waals surface area contributed by atoms with Crippen molar-refractivity contribution in [1.29, 1.82) is 0 Å². The molecular formula is C12H23N3O3. The third-order valence-electron chi connectivity index (χ3n) is 3.23. The first kappa shape index (κ1) is 14.9. The summed E-state index contributed by atoms with van der Waals surface area (Å²) in [6, 6.07) is -1.21. The van der Waals surface area contributed by atoms with E-state index in [-0.39, 0.29) is 6.61 Å². The van der Waals surface area contributed by atoms with Gasteiger partial charge in [-0.25, -0.2) is 4.79 Å². The Morgan fingerprint density at radius 3 is 2.61 bits per heavy atom. The number of nitrogens with one attached hydrogen (secondary N) is 1. The molecule has 6 nitrogen and oxygen atoms in total. The van der Waals surface area contributed by atoms with Crippen LogP contribution >= 0.6 is 0 Å². The van der Waals surface area contributed by atoms with Crippen molar-refractivity contribution >= 4 is 11.9 Å². The molecule has 0 aliphatic carbocycles. The first-order chi connectivity index (χ1) is 8.54. The Morgan fingerprint density at radius 1 is 1.44 bits per heavy atom. The Morgan fingerprint density at radius 2 is 2.06 bits per heavy atom. The molecule has 0 bridgehead atoms. The van der Waals surface area contributed by atoms with Crippen LogP contribution in [0.15, 0.2) is 0 Å². The zero-order chi connectivity index (χ0) is 13.5. The molecule has 3 N–H and O–H groups in total. The number of nitrogens with zero attached hydrogens (tertiary/aromatic N) is 1. The minimum Gasteiger partial charge on any atom is -0.464 e. The predicted octanol–water partition coefficient (Wildman–Crippen LogP) is -0.665. The largest absolute Gasteiger partial charge is 0.464 e. The molecule has 1 fully saturated rings. The van der Waals surface area contributed by atoms with E-state index in [1.54, 1.807) is 6.92 Å². The molecule has 1 amide bonds. The second kappa shape index (κ2) is 7.33. The fraction of sp³-hybridized carbons (Fsp3) is 0.833. The van der Waals surface area contributed by atoms with E-state index in [1.807, 2.05) is 0 Å². The van der Waals surface area contributed by atoms with Crippen molar-refractivity contribution in [3.05, 3.63) is 0 Å². The van der Waals surface area contributed by atoms with Crippen molar-refractivity contribution in [2.45, 2.75) is 25.8 Å². The van der Waals surface area contributed by atoms with Crippen molar-refractivity contribution in [3.8, 4) is 0 Å². The lowest BCUT2D eigenvalue weighted by Crippen LogP contribution is -2.48. The monoisotopic (exact) mass is 257 g/mol. The molecule has 18 heavy (non-hydrogen) atoms. The van der Waals surface area contributed by atoms with Crippen LogP contribution in [0.5, 0.6) is 0 Å². The highest BCUT2D eigenvalue weighted by Crippen LogP contribution is 2.14. The topological polar surface area (TPSA) is 84.7 Å². The Kier molecular flexibility index (Phi) is 6.07. The molecule has 0 saturated carbocycles. The maximum atomic E-state index is 11.6. The van der Waals surface area contributed by atoms with E-state index in [2.05, 4.69) is 17.3 Å². The minimum absolute atomic E-state index is 0.231. The van der Waals surface area contributed by atoms with Crippen molar-refractivity contribution in [2.24, 2.45) is 11.7 Å². The lowest BCUT2D eigenvalue weighted by Gasteiger charge is -2.29. The number of amides is 1. The van der Waals surface area contributed by atoms with Crippen LogP contribution in [0.1, 0.15) is 19.8 Å². The fourth-order valence-electron chi connectivity index (χ4n) is 1.96. The molecule has 0 aromatic heterocycles. The Balaban J connectivity index is 2.26. The molecule has 1 saturated heterocycles. The van der Waals surface area contributed by atoms with Crippen molar-refractivity contribution < 1.29 is 14.3 Å². The van der Waals surface area contributed by atoms with Gasteiger partial charge in [-0.1, -0.05) is 0 Å². The van der Waals surface area contributed by atoms with E-state index in [9.17, 15) is 9.59 Å². The van der Waals surface area contributed by atoms with E-state index >= 15 is 0 Å². The van der Waals surface area contributed by atoms with Gasteiger partial charge in [0, 0.05) is 6.54 Å². The zero-order valence-corrected chi connectivity index (χ0v) is 11.1. The second-order valence-electron chi connectivity index (χ2n) is 4.72. The third kappa shape index (κ3) is 4.62. The third-order valence-corrected chi connectivity index (χ3v) is 3.23. The number of likely N-dealkylation sites (tertiary alicyclic amines) is 1. The predicted molar refractivity (Wildman–Crippen MR) is 67.8 cm³/mol. The van der Waals surface area contributed by atoms with E-state index < -0.39 is 17.9 Å². The van der Waals surface area contributed by atoms with Gasteiger partial charge in [0.05, 0.1) is 6.61 Å². The number of piperidine rings is 1. The van der Waals surface area contributed by atoms with E-state index in [4.69, 9.17) is 10.5 Å². The van der Waals surface area contributed by atoms with Crippen LogP contribution in [0.3, 0.4) is 0 Å². The summed E-state index contributed by atoms with van der Waals surface area (Å²) < 4.78 is 4.70. The number of ether oxygens (including phenoxy) is 1. The summed E-state index contributed by atoms with van der Waals surface area (Å²) >= 11 is 0. The lowest BCUT2D eigenvalue weighted by atomic mass is 9.97. The van der Waals surface area contributed by atoms with Crippen LogP contribution in [0.4, 0.5) is 0 Å². The van der Waals surface area contributed by atoms with Crippen LogP contribution in [0, 0.1) is 5.92 Å². The summed E-state index contributed by atoms with van der Waals surface area (Å²) in [5, 5.41) is 2.72. The van der Waals surface area contributed by atoms with Gasteiger partial charge >= 0.3 is 5.97 Å². The van der Waals surface area contributed by atoms with E-state index in [0.717, 1.165) is 25.9 Å². The van der Waals surface area contributed by atoms with Gasteiger partial charge in [0.1, 0.15) is 0 Å². The molecule has 1 atom stereocenters. The molecule has 1 rings (SSSR count). The molecule has 1 unspecified atom stereocenters. The van der Waals surface area contributed by atoms with Gasteiger partial charge in [-0.15, -0.1) is 0 Å². The lowest BCUT2D eigenvalue weighted by molar-refractivity contribution is -0.148. The summed E-state index contributed by atoms with van der Waals surface area (Å²) in [7, 11) is 2.09. The number of rotatable bonds is 5. The summed E-state index contributed by atoms with van der Waals surface area (Å²) in [6.07, 6.45) is 2.12. The van der Waals surface area contributed by atoms with Crippen molar-refractivity contribution in [1.82, 2.24) is 10.2 Å². The molecule has 1 aliphatic heterocycles. The average Bonchev–Trinajstić information content (AvgIpc) is 2.37. The van der Waals surface area contributed by atoms with E-state index in [1.165, 1.54) is 0 Å². The van der Waals surface area contributed by atoms with Crippen LogP contribution in [-0.4, -0.2) is 56.1 Å². The van der Waals surface area contributed by atoms with Gasteiger partial charge in [-0.05, 0) is 45.8 Å². The van der Waals surface area contributed by atoms with Crippen molar-refractivity contribution in [2.75, 3.05) is 33.3 Å². The molecule has 0 aromatic carbocycles. The summed E-state index contributed by atoms with van der Waals surface area (Å²) in [5.74, 6) is -0.648. The SMILES string of the molecule is CCOC(=O)C(N)C(=O)NCC1CCN(C)CC1. The normalized spacial score (nSPS) is 19.3. The average molecular weight is 257 g/mol. The van der Waals surface area contributed by atoms with Gasteiger partial charge in [0.25, 0.3) is 0 Å². The Bertz CT molecular complexity index is 288. The number of carbonyl (C=O) groups excluding carboxylic acids is 2. The van der Waals surface area contributed by atoms with Crippen LogP contribution in [-0.2, 0) is 14.3 Å². The van der Waals surface area contributed by atoms with Crippen molar-refractivity contribution in [3.63, 3.8) is 0 Å². The summed E-state index contributed by atoms with van der Waals surface area (Å²) in [4.78, 5) is 25.1. The highest BCUT2D eigenvalue weighted by atomic mass is 16.5. The van der Waals surface area contributed by atoms with Gasteiger partial charge in [0.15, 0.2) is 6.04 Å². The molecule has 6 heteroatoms. The first-order valence-electron chi connectivity index (χ1n) is 6.43. The highest BCUT2D eigenvalue weighted by Gasteiger charge is 2.24. The number of hydrogen-bond donors (Lipinski definition) is 2. The molecular weight excluding hydrogens is 234 g/mol. The summed E-state index contributed by atoms with van der Waals surface area (Å²) in [5.41, 5.74) is 5.49. The van der Waals surface area contributed by atoms with Crippen LogP contribution in [0.25, 0.3) is 0 Å². The van der Waals surface area contributed by atoms with Crippen LogP contribution in [0.2, 0.25) is 0 Å². The molecule has 0 radical (unpaired) electrons. The number of carbonyl (C=O) groups is 2. The quantitative estimate of drug-likeness (QED) is 0.504. The van der Waals surface area contributed by atoms with Crippen LogP contribution < -0.4 is 11.1 Å².